The number of halogens is 1. The normalized spacial score (nSPS) is 12.9. The van der Waals surface area contributed by atoms with E-state index in [2.05, 4.69) is 26.1 Å². The highest BCUT2D eigenvalue weighted by molar-refractivity contribution is 6.33. The predicted octanol–water partition coefficient (Wildman–Crippen LogP) is 3.77. The predicted molar refractivity (Wildman–Crippen MR) is 68.4 cm³/mol. The molecular formula is C12H19ClN2. The molecule has 0 fully saturated rings. The highest BCUT2D eigenvalue weighted by Gasteiger charge is 2.11. The van der Waals surface area contributed by atoms with Crippen LogP contribution >= 0.6 is 11.6 Å². The van der Waals surface area contributed by atoms with Crippen molar-refractivity contribution in [2.24, 2.45) is 5.92 Å². The molecule has 1 atom stereocenters. The number of benzene rings is 1. The summed E-state index contributed by atoms with van der Waals surface area (Å²) in [5.41, 5.74) is 7.30. The highest BCUT2D eigenvalue weighted by Crippen LogP contribution is 2.26. The van der Waals surface area contributed by atoms with Crippen molar-refractivity contribution < 1.29 is 0 Å². The van der Waals surface area contributed by atoms with Crippen molar-refractivity contribution in [1.29, 1.82) is 0 Å². The van der Waals surface area contributed by atoms with Crippen molar-refractivity contribution in [3.05, 3.63) is 23.2 Å². The van der Waals surface area contributed by atoms with Gasteiger partial charge in [0.2, 0.25) is 0 Å². The zero-order chi connectivity index (χ0) is 11.4. The summed E-state index contributed by atoms with van der Waals surface area (Å²) < 4.78 is 0. The van der Waals surface area contributed by atoms with Gasteiger partial charge in [-0.3, -0.25) is 0 Å². The Morgan fingerprint density at radius 1 is 1.40 bits per heavy atom. The molecule has 2 nitrogen and oxygen atoms in total. The Bertz CT molecular complexity index is 323. The van der Waals surface area contributed by atoms with Crippen LogP contribution in [0.2, 0.25) is 5.02 Å². The fraction of sp³-hybridized carbons (Fsp3) is 0.500. The smallest absolute Gasteiger partial charge is 0.0658 e. The molecule has 3 N–H and O–H groups in total. The van der Waals surface area contributed by atoms with Gasteiger partial charge in [-0.15, -0.1) is 0 Å². The summed E-state index contributed by atoms with van der Waals surface area (Å²) in [6.45, 7) is 6.57. The molecular weight excluding hydrogens is 208 g/mol. The first-order valence-electron chi connectivity index (χ1n) is 5.36. The lowest BCUT2D eigenvalue weighted by molar-refractivity contribution is 0.511. The van der Waals surface area contributed by atoms with Gasteiger partial charge in [0.05, 0.1) is 10.7 Å². The van der Waals surface area contributed by atoms with Crippen molar-refractivity contribution in [2.45, 2.75) is 33.2 Å². The third-order valence-corrected chi connectivity index (χ3v) is 2.89. The SMILES string of the molecule is CCC(Nc1ccc(N)cc1Cl)C(C)C. The molecule has 0 aliphatic rings. The Kier molecular flexibility index (Phi) is 4.28. The quantitative estimate of drug-likeness (QED) is 0.768. The fourth-order valence-electron chi connectivity index (χ4n) is 1.59. The van der Waals surface area contributed by atoms with E-state index in [-0.39, 0.29) is 0 Å². The van der Waals surface area contributed by atoms with Crippen molar-refractivity contribution >= 4 is 23.0 Å². The molecule has 84 valence electrons. The third-order valence-electron chi connectivity index (χ3n) is 2.58. The highest BCUT2D eigenvalue weighted by atomic mass is 35.5. The molecule has 15 heavy (non-hydrogen) atoms. The Morgan fingerprint density at radius 2 is 2.07 bits per heavy atom. The molecule has 0 aliphatic carbocycles. The summed E-state index contributed by atoms with van der Waals surface area (Å²) in [5.74, 6) is 0.587. The minimum absolute atomic E-state index is 0.450. The lowest BCUT2D eigenvalue weighted by atomic mass is 10.0. The number of nitrogens with two attached hydrogens (primary N) is 1. The average Bonchev–Trinajstić information content (AvgIpc) is 2.16. The van der Waals surface area contributed by atoms with Gasteiger partial charge in [0.25, 0.3) is 0 Å². The van der Waals surface area contributed by atoms with Crippen LogP contribution in [0.25, 0.3) is 0 Å². The standard InChI is InChI=1S/C12H19ClN2/c1-4-11(8(2)3)15-12-6-5-9(14)7-10(12)13/h5-8,11,15H,4,14H2,1-3H3. The van der Waals surface area contributed by atoms with Crippen LogP contribution in [-0.4, -0.2) is 6.04 Å². The molecule has 0 saturated heterocycles. The maximum Gasteiger partial charge on any atom is 0.0658 e. The van der Waals surface area contributed by atoms with Gasteiger partial charge in [-0.05, 0) is 30.5 Å². The van der Waals surface area contributed by atoms with Crippen LogP contribution in [0.1, 0.15) is 27.2 Å². The van der Waals surface area contributed by atoms with Crippen LogP contribution in [0.5, 0.6) is 0 Å². The van der Waals surface area contributed by atoms with E-state index < -0.39 is 0 Å². The minimum atomic E-state index is 0.450. The lowest BCUT2D eigenvalue weighted by Crippen LogP contribution is -2.24. The van der Waals surface area contributed by atoms with E-state index in [1.807, 2.05) is 12.1 Å². The van der Waals surface area contributed by atoms with Gasteiger partial charge in [0.15, 0.2) is 0 Å². The number of hydrogen-bond donors (Lipinski definition) is 2. The molecule has 0 bridgehead atoms. The Morgan fingerprint density at radius 3 is 2.53 bits per heavy atom. The van der Waals surface area contributed by atoms with E-state index in [1.54, 1.807) is 6.07 Å². The number of nitrogen functional groups attached to an aromatic ring is 1. The molecule has 0 radical (unpaired) electrons. The third kappa shape index (κ3) is 3.31. The fourth-order valence-corrected chi connectivity index (χ4v) is 1.83. The lowest BCUT2D eigenvalue weighted by Gasteiger charge is -2.22. The van der Waals surface area contributed by atoms with Gasteiger partial charge in [0, 0.05) is 11.7 Å². The Hall–Kier alpha value is -0.890. The van der Waals surface area contributed by atoms with Crippen LogP contribution in [0.15, 0.2) is 18.2 Å². The molecule has 0 saturated carbocycles. The molecule has 0 aliphatic heterocycles. The summed E-state index contributed by atoms with van der Waals surface area (Å²) in [6.07, 6.45) is 1.08. The topological polar surface area (TPSA) is 38.0 Å². The molecule has 0 spiro atoms. The molecule has 3 heteroatoms. The zero-order valence-electron chi connectivity index (χ0n) is 9.55. The van der Waals surface area contributed by atoms with Crippen molar-refractivity contribution in [1.82, 2.24) is 0 Å². The second kappa shape index (κ2) is 5.26. The number of hydrogen-bond acceptors (Lipinski definition) is 2. The van der Waals surface area contributed by atoms with E-state index in [0.717, 1.165) is 12.1 Å². The van der Waals surface area contributed by atoms with E-state index in [9.17, 15) is 0 Å². The average molecular weight is 227 g/mol. The first-order valence-corrected chi connectivity index (χ1v) is 5.74. The summed E-state index contributed by atoms with van der Waals surface area (Å²) >= 11 is 6.09. The minimum Gasteiger partial charge on any atom is -0.399 e. The van der Waals surface area contributed by atoms with E-state index >= 15 is 0 Å². The molecule has 0 heterocycles. The van der Waals surface area contributed by atoms with Gasteiger partial charge in [0.1, 0.15) is 0 Å². The largest absolute Gasteiger partial charge is 0.399 e. The molecule has 1 aromatic carbocycles. The summed E-state index contributed by atoms with van der Waals surface area (Å²) in [4.78, 5) is 0. The van der Waals surface area contributed by atoms with Gasteiger partial charge >= 0.3 is 0 Å². The maximum atomic E-state index is 6.09. The van der Waals surface area contributed by atoms with Crippen LogP contribution < -0.4 is 11.1 Å². The van der Waals surface area contributed by atoms with Crippen molar-refractivity contribution in [2.75, 3.05) is 11.1 Å². The molecule has 0 amide bonds. The second-order valence-electron chi connectivity index (χ2n) is 4.14. The van der Waals surface area contributed by atoms with Crippen molar-refractivity contribution in [3.63, 3.8) is 0 Å². The summed E-state index contributed by atoms with van der Waals surface area (Å²) in [6, 6.07) is 6.02. The molecule has 1 rings (SSSR count). The Balaban J connectivity index is 2.79. The maximum absolute atomic E-state index is 6.09. The van der Waals surface area contributed by atoms with Gasteiger partial charge in [-0.1, -0.05) is 32.4 Å². The molecule has 1 aromatic rings. The number of rotatable bonds is 4. The van der Waals surface area contributed by atoms with Crippen molar-refractivity contribution in [3.8, 4) is 0 Å². The van der Waals surface area contributed by atoms with Gasteiger partial charge < -0.3 is 11.1 Å². The van der Waals surface area contributed by atoms with Gasteiger partial charge in [-0.25, -0.2) is 0 Å². The Labute approximate surface area is 96.8 Å². The first kappa shape index (κ1) is 12.2. The molecule has 0 aromatic heterocycles. The van der Waals surface area contributed by atoms with Crippen LogP contribution in [0, 0.1) is 5.92 Å². The van der Waals surface area contributed by atoms with E-state index in [1.165, 1.54) is 0 Å². The summed E-state index contributed by atoms with van der Waals surface area (Å²) in [5, 5.41) is 4.13. The number of nitrogens with one attached hydrogen (secondary N) is 1. The molecule has 1 unspecified atom stereocenters. The second-order valence-corrected chi connectivity index (χ2v) is 4.55. The zero-order valence-corrected chi connectivity index (χ0v) is 10.3. The van der Waals surface area contributed by atoms with Gasteiger partial charge in [-0.2, -0.15) is 0 Å². The van der Waals surface area contributed by atoms with Crippen LogP contribution in [0.4, 0.5) is 11.4 Å². The summed E-state index contributed by atoms with van der Waals surface area (Å²) in [7, 11) is 0. The van der Waals surface area contributed by atoms with E-state index in [0.29, 0.717) is 22.7 Å². The monoisotopic (exact) mass is 226 g/mol. The van der Waals surface area contributed by atoms with Crippen LogP contribution in [0.3, 0.4) is 0 Å². The first-order chi connectivity index (χ1) is 7.04. The van der Waals surface area contributed by atoms with Crippen LogP contribution in [-0.2, 0) is 0 Å². The van der Waals surface area contributed by atoms with E-state index in [4.69, 9.17) is 17.3 Å². The number of anilines is 2.